The summed E-state index contributed by atoms with van der Waals surface area (Å²) in [5, 5.41) is 2.98. The molecule has 1 fully saturated rings. The lowest BCUT2D eigenvalue weighted by molar-refractivity contribution is -0.124. The van der Waals surface area contributed by atoms with Crippen LogP contribution in [0.4, 0.5) is 5.95 Å². The summed E-state index contributed by atoms with van der Waals surface area (Å²) in [6.45, 7) is 13.9. The molecule has 1 aromatic carbocycles. The number of rotatable bonds is 9. The zero-order chi connectivity index (χ0) is 30.9. The molecule has 2 aromatic heterocycles. The lowest BCUT2D eigenvalue weighted by Gasteiger charge is -2.38. The van der Waals surface area contributed by atoms with Gasteiger partial charge in [-0.3, -0.25) is 9.59 Å². The predicted octanol–water partition coefficient (Wildman–Crippen LogP) is 4.78. The van der Waals surface area contributed by atoms with E-state index in [1.807, 2.05) is 58.0 Å². The fraction of sp³-hybridized carbons (Fsp3) is 0.500. The number of hydrogen-bond donors (Lipinski definition) is 2. The van der Waals surface area contributed by atoms with Crippen LogP contribution in [0, 0.1) is 19.8 Å². The lowest BCUT2D eigenvalue weighted by Crippen LogP contribution is -2.48. The van der Waals surface area contributed by atoms with Gasteiger partial charge in [-0.15, -0.1) is 11.8 Å². The molecule has 0 spiro atoms. The highest BCUT2D eigenvalue weighted by Crippen LogP contribution is 2.52. The Labute approximate surface area is 257 Å². The van der Waals surface area contributed by atoms with Gasteiger partial charge in [-0.05, 0) is 71.6 Å². The number of aromatic nitrogens is 3. The molecular weight excluding hydrogens is 564 g/mol. The molecule has 11 heteroatoms. The van der Waals surface area contributed by atoms with Gasteiger partial charge in [0.05, 0.1) is 0 Å². The first kappa shape index (κ1) is 30.9. The third-order valence-electron chi connectivity index (χ3n) is 8.75. The highest BCUT2D eigenvalue weighted by atomic mass is 32.2. The van der Waals surface area contributed by atoms with Crippen LogP contribution in [0.5, 0.6) is 11.5 Å². The maximum Gasteiger partial charge on any atom is 0.254 e. The molecule has 0 aliphatic carbocycles. The van der Waals surface area contributed by atoms with Gasteiger partial charge in [-0.1, -0.05) is 6.92 Å². The Morgan fingerprint density at radius 1 is 1.16 bits per heavy atom. The molecule has 2 N–H and O–H groups in total. The third kappa shape index (κ3) is 6.10. The van der Waals surface area contributed by atoms with E-state index in [9.17, 15) is 9.59 Å². The third-order valence-corrected chi connectivity index (χ3v) is 9.56. The topological polar surface area (TPSA) is 113 Å². The number of nitrogens with one attached hydrogen (secondary N) is 2. The Kier molecular flexibility index (Phi) is 9.03. The Morgan fingerprint density at radius 3 is 2.47 bits per heavy atom. The SMILES string of the molecule is CCN1CCC([C@]2(C)Oc3c(-c4cnc(N(C)CC)nc4)cc(C(=O)NCc4c(SC)cc(C)[nH]c4=O)c(C)c3O2)CC1. The van der Waals surface area contributed by atoms with Crippen LogP contribution in [0.25, 0.3) is 11.1 Å². The number of piperidine rings is 1. The Bertz CT molecular complexity index is 1550. The minimum Gasteiger partial charge on any atom is -0.448 e. The van der Waals surface area contributed by atoms with Crippen LogP contribution in [0.3, 0.4) is 0 Å². The van der Waals surface area contributed by atoms with Crippen LogP contribution in [0.15, 0.2) is 34.2 Å². The largest absolute Gasteiger partial charge is 0.448 e. The Hall–Kier alpha value is -3.57. The van der Waals surface area contributed by atoms with Crippen molar-refractivity contribution in [1.29, 1.82) is 0 Å². The number of benzene rings is 1. The quantitative estimate of drug-likeness (QED) is 0.333. The number of carbonyl (C=O) groups is 1. The van der Waals surface area contributed by atoms with Crippen LogP contribution >= 0.6 is 11.8 Å². The molecule has 10 nitrogen and oxygen atoms in total. The maximum absolute atomic E-state index is 13.7. The van der Waals surface area contributed by atoms with Gasteiger partial charge in [0.25, 0.3) is 17.3 Å². The van der Waals surface area contributed by atoms with Gasteiger partial charge >= 0.3 is 0 Å². The van der Waals surface area contributed by atoms with Crippen molar-refractivity contribution >= 4 is 23.6 Å². The van der Waals surface area contributed by atoms with E-state index in [1.165, 1.54) is 11.8 Å². The first-order valence-electron chi connectivity index (χ1n) is 14.9. The van der Waals surface area contributed by atoms with Crippen LogP contribution in [0.2, 0.25) is 0 Å². The van der Waals surface area contributed by atoms with E-state index < -0.39 is 5.79 Å². The van der Waals surface area contributed by atoms with Gasteiger partial charge in [-0.2, -0.15) is 0 Å². The average Bonchev–Trinajstić information content (AvgIpc) is 3.39. The number of thioether (sulfide) groups is 1. The van der Waals surface area contributed by atoms with Crippen molar-refractivity contribution < 1.29 is 14.3 Å². The van der Waals surface area contributed by atoms with Crippen molar-refractivity contribution in [3.63, 3.8) is 0 Å². The number of nitrogens with zero attached hydrogens (tertiary/aromatic N) is 4. The minimum absolute atomic E-state index is 0.0999. The zero-order valence-electron chi connectivity index (χ0n) is 26.2. The molecule has 0 unspecified atom stereocenters. The van der Waals surface area contributed by atoms with Gasteiger partial charge in [0.2, 0.25) is 5.95 Å². The molecule has 1 saturated heterocycles. The first-order chi connectivity index (χ1) is 20.6. The second-order valence-electron chi connectivity index (χ2n) is 11.5. The van der Waals surface area contributed by atoms with E-state index in [0.29, 0.717) is 39.7 Å². The maximum atomic E-state index is 13.7. The van der Waals surface area contributed by atoms with Crippen molar-refractivity contribution in [3.8, 4) is 22.6 Å². The summed E-state index contributed by atoms with van der Waals surface area (Å²) in [5.41, 5.74) is 3.68. The molecule has 0 saturated carbocycles. The summed E-state index contributed by atoms with van der Waals surface area (Å²) in [5.74, 6) is 0.825. The van der Waals surface area contributed by atoms with Crippen molar-refractivity contribution in [3.05, 3.63) is 57.3 Å². The van der Waals surface area contributed by atoms with Crippen molar-refractivity contribution in [2.24, 2.45) is 5.92 Å². The summed E-state index contributed by atoms with van der Waals surface area (Å²) >= 11 is 1.48. The molecule has 2 aliphatic rings. The summed E-state index contributed by atoms with van der Waals surface area (Å²) in [6, 6.07) is 3.75. The number of fused-ring (bicyclic) bond motifs is 1. The number of amides is 1. The number of aryl methyl sites for hydroxylation is 1. The zero-order valence-corrected chi connectivity index (χ0v) is 27.0. The van der Waals surface area contributed by atoms with Crippen LogP contribution in [0.1, 0.15) is 60.8 Å². The number of pyridine rings is 1. The minimum atomic E-state index is -0.859. The highest BCUT2D eigenvalue weighted by molar-refractivity contribution is 7.98. The fourth-order valence-electron chi connectivity index (χ4n) is 5.87. The number of carbonyl (C=O) groups excluding carboxylic acids is 1. The molecule has 1 amide bonds. The molecule has 5 rings (SSSR count). The number of anilines is 1. The molecule has 0 bridgehead atoms. The van der Waals surface area contributed by atoms with Crippen LogP contribution < -0.4 is 25.2 Å². The Balaban J connectivity index is 1.51. The van der Waals surface area contributed by atoms with Crippen molar-refractivity contribution in [1.82, 2.24) is 25.2 Å². The molecule has 43 heavy (non-hydrogen) atoms. The van der Waals surface area contributed by atoms with E-state index in [2.05, 4.69) is 32.1 Å². The number of aromatic amines is 1. The highest BCUT2D eigenvalue weighted by Gasteiger charge is 2.47. The molecule has 4 heterocycles. The molecule has 2 aliphatic heterocycles. The summed E-state index contributed by atoms with van der Waals surface area (Å²) < 4.78 is 13.4. The van der Waals surface area contributed by atoms with Crippen molar-refractivity contribution in [2.75, 3.05) is 44.4 Å². The average molecular weight is 607 g/mol. The monoisotopic (exact) mass is 606 g/mol. The molecule has 230 valence electrons. The molecule has 3 aromatic rings. The van der Waals surface area contributed by atoms with Gasteiger partial charge in [0.15, 0.2) is 11.5 Å². The van der Waals surface area contributed by atoms with Crippen LogP contribution in [-0.4, -0.2) is 71.0 Å². The number of hydrogen-bond acceptors (Lipinski definition) is 9. The summed E-state index contributed by atoms with van der Waals surface area (Å²) in [6.07, 6.45) is 7.36. The van der Waals surface area contributed by atoms with Gasteiger partial charge in [0, 0.05) is 83.8 Å². The normalized spacial score (nSPS) is 18.6. The summed E-state index contributed by atoms with van der Waals surface area (Å²) in [4.78, 5) is 43.7. The summed E-state index contributed by atoms with van der Waals surface area (Å²) in [7, 11) is 1.94. The van der Waals surface area contributed by atoms with E-state index in [0.717, 1.165) is 55.2 Å². The second kappa shape index (κ2) is 12.6. The Morgan fingerprint density at radius 2 is 1.84 bits per heavy atom. The van der Waals surface area contributed by atoms with Crippen LogP contribution in [-0.2, 0) is 6.54 Å². The fourth-order valence-corrected chi connectivity index (χ4v) is 6.58. The predicted molar refractivity (Wildman–Crippen MR) is 170 cm³/mol. The molecule has 1 atom stereocenters. The number of H-pyrrole nitrogens is 1. The van der Waals surface area contributed by atoms with Crippen molar-refractivity contribution in [2.45, 2.75) is 64.7 Å². The van der Waals surface area contributed by atoms with E-state index >= 15 is 0 Å². The first-order valence-corrected chi connectivity index (χ1v) is 16.2. The number of likely N-dealkylation sites (tertiary alicyclic amines) is 1. The van der Waals surface area contributed by atoms with E-state index in [-0.39, 0.29) is 23.9 Å². The van der Waals surface area contributed by atoms with E-state index in [1.54, 1.807) is 12.4 Å². The van der Waals surface area contributed by atoms with Gasteiger partial charge < -0.3 is 29.6 Å². The van der Waals surface area contributed by atoms with Gasteiger partial charge in [0.1, 0.15) is 0 Å². The smallest absolute Gasteiger partial charge is 0.254 e. The molecule has 0 radical (unpaired) electrons. The van der Waals surface area contributed by atoms with E-state index in [4.69, 9.17) is 9.47 Å². The van der Waals surface area contributed by atoms with Gasteiger partial charge in [-0.25, -0.2) is 9.97 Å². The second-order valence-corrected chi connectivity index (χ2v) is 12.3. The lowest BCUT2D eigenvalue weighted by atomic mass is 9.89. The standard InChI is InChI=1S/C32H42N6O4S/c1-8-37(6)31-34-16-21(17-35-31)24-15-23(29(39)33-18-25-26(43-7)14-19(3)36-30(25)40)20(4)27-28(24)42-32(5,41-27)22-10-12-38(9-2)13-11-22/h14-17,22H,8-13,18H2,1-7H3,(H,33,39)(H,36,40)/t32-/m0/s1. The molecular formula is C32H42N6O4S. The number of ether oxygens (including phenoxy) is 2.